The smallest absolute Gasteiger partial charge is 0.165 e. The molecule has 4 heterocycles. The summed E-state index contributed by atoms with van der Waals surface area (Å²) in [4.78, 5) is 24.2. The molecule has 3 N–H and O–H groups in total. The first kappa shape index (κ1) is 20.8. The number of anilines is 1. The van der Waals surface area contributed by atoms with Crippen LogP contribution in [0.25, 0.3) is 22.6 Å². The largest absolute Gasteiger partial charge is 0.364 e. The van der Waals surface area contributed by atoms with Gasteiger partial charge < -0.3 is 14.8 Å². The maximum atomic E-state index is 8.34. The Morgan fingerprint density at radius 2 is 1.97 bits per heavy atom. The van der Waals surface area contributed by atoms with Gasteiger partial charge in [0.2, 0.25) is 0 Å². The maximum absolute atomic E-state index is 8.34. The van der Waals surface area contributed by atoms with Crippen molar-refractivity contribution < 1.29 is 0 Å². The van der Waals surface area contributed by atoms with Crippen molar-refractivity contribution in [1.29, 1.82) is 10.8 Å². The van der Waals surface area contributed by atoms with Crippen LogP contribution in [0, 0.1) is 23.7 Å². The van der Waals surface area contributed by atoms with Crippen LogP contribution in [0.3, 0.4) is 0 Å². The molecule has 0 bridgehead atoms. The highest BCUT2D eigenvalue weighted by molar-refractivity contribution is 5.99. The highest BCUT2D eigenvalue weighted by Crippen LogP contribution is 2.27. The van der Waals surface area contributed by atoms with Crippen LogP contribution in [0.5, 0.6) is 0 Å². The van der Waals surface area contributed by atoms with Gasteiger partial charge in [-0.3, -0.25) is 10.8 Å². The second kappa shape index (κ2) is 8.37. The van der Waals surface area contributed by atoms with Crippen molar-refractivity contribution in [3.05, 3.63) is 24.5 Å². The highest BCUT2D eigenvalue weighted by atomic mass is 15.2. The van der Waals surface area contributed by atoms with E-state index in [4.69, 9.17) is 15.8 Å². The van der Waals surface area contributed by atoms with Gasteiger partial charge in [0.25, 0.3) is 0 Å². The van der Waals surface area contributed by atoms with Gasteiger partial charge in [0.15, 0.2) is 17.0 Å². The zero-order chi connectivity index (χ0) is 22.1. The van der Waals surface area contributed by atoms with Gasteiger partial charge in [-0.25, -0.2) is 24.9 Å². The molecule has 4 rings (SSSR count). The molecule has 10 nitrogen and oxygen atoms in total. The fraction of sp³-hybridized carbons (Fsp3) is 0.476. The van der Waals surface area contributed by atoms with Crippen LogP contribution in [-0.4, -0.2) is 58.6 Å². The summed E-state index contributed by atoms with van der Waals surface area (Å²) >= 11 is 0. The molecule has 0 amide bonds. The van der Waals surface area contributed by atoms with Gasteiger partial charge in [0.1, 0.15) is 29.6 Å². The van der Waals surface area contributed by atoms with Gasteiger partial charge in [-0.05, 0) is 20.3 Å². The number of fused-ring (bicyclic) bond motifs is 1. The van der Waals surface area contributed by atoms with Gasteiger partial charge in [-0.15, -0.1) is 0 Å². The van der Waals surface area contributed by atoms with E-state index in [1.54, 1.807) is 23.6 Å². The van der Waals surface area contributed by atoms with Crippen molar-refractivity contribution in [1.82, 2.24) is 34.4 Å². The molecule has 10 heteroatoms. The normalized spacial score (nSPS) is 16.9. The van der Waals surface area contributed by atoms with E-state index in [9.17, 15) is 0 Å². The molecule has 1 atom stereocenters. The van der Waals surface area contributed by atoms with Crippen LogP contribution in [0.1, 0.15) is 39.4 Å². The van der Waals surface area contributed by atoms with E-state index in [1.165, 1.54) is 0 Å². The first-order valence-corrected chi connectivity index (χ1v) is 10.6. The van der Waals surface area contributed by atoms with E-state index in [1.807, 2.05) is 25.3 Å². The minimum absolute atomic E-state index is 0.0595. The molecule has 0 radical (unpaired) electrons. The molecule has 0 aromatic carbocycles. The van der Waals surface area contributed by atoms with E-state index in [0.29, 0.717) is 48.3 Å². The quantitative estimate of drug-likeness (QED) is 0.427. The second-order valence-electron chi connectivity index (χ2n) is 8.07. The van der Waals surface area contributed by atoms with E-state index in [0.717, 1.165) is 23.5 Å². The van der Waals surface area contributed by atoms with Gasteiger partial charge in [-0.1, -0.05) is 13.8 Å². The Kier molecular flexibility index (Phi) is 5.62. The van der Waals surface area contributed by atoms with E-state index in [2.05, 4.69) is 32.2 Å². The van der Waals surface area contributed by atoms with Crippen molar-refractivity contribution in [2.24, 2.45) is 5.92 Å². The van der Waals surface area contributed by atoms with Crippen molar-refractivity contribution in [2.75, 3.05) is 11.9 Å². The van der Waals surface area contributed by atoms with E-state index in [-0.39, 0.29) is 12.0 Å². The Labute approximate surface area is 181 Å². The number of likely N-dealkylation sites (tertiary alicyclic amines) is 1. The number of piperidine rings is 1. The molecule has 0 aliphatic carbocycles. The first-order valence-electron chi connectivity index (χ1n) is 10.6. The Morgan fingerprint density at radius 3 is 2.65 bits per heavy atom. The van der Waals surface area contributed by atoms with Crippen molar-refractivity contribution >= 4 is 28.7 Å². The second-order valence-corrected chi connectivity index (χ2v) is 8.07. The average Bonchev–Trinajstić information content (AvgIpc) is 3.14. The van der Waals surface area contributed by atoms with Crippen LogP contribution in [0.2, 0.25) is 0 Å². The lowest BCUT2D eigenvalue weighted by atomic mass is 10.0. The van der Waals surface area contributed by atoms with Crippen molar-refractivity contribution in [3.8, 4) is 11.4 Å². The third-order valence-electron chi connectivity index (χ3n) is 5.52. The van der Waals surface area contributed by atoms with Crippen molar-refractivity contribution in [3.63, 3.8) is 0 Å². The van der Waals surface area contributed by atoms with Gasteiger partial charge >= 0.3 is 0 Å². The molecule has 1 aliphatic heterocycles. The lowest BCUT2D eigenvalue weighted by molar-refractivity contribution is 0.446. The summed E-state index contributed by atoms with van der Waals surface area (Å²) in [6, 6.07) is 0.0595. The fourth-order valence-electron chi connectivity index (χ4n) is 3.80. The maximum Gasteiger partial charge on any atom is 0.165 e. The fourth-order valence-corrected chi connectivity index (χ4v) is 3.80. The highest BCUT2D eigenvalue weighted by Gasteiger charge is 2.28. The Bertz CT molecular complexity index is 1120. The molecule has 31 heavy (non-hydrogen) atoms. The molecule has 0 saturated carbocycles. The van der Waals surface area contributed by atoms with E-state index < -0.39 is 0 Å². The summed E-state index contributed by atoms with van der Waals surface area (Å²) in [6.07, 6.45) is 6.53. The monoisotopic (exact) mass is 420 g/mol. The summed E-state index contributed by atoms with van der Waals surface area (Å²) in [6.45, 7) is 9.14. The molecule has 162 valence electrons. The minimum atomic E-state index is 0.0595. The lowest BCUT2D eigenvalue weighted by Crippen LogP contribution is -2.49. The number of rotatable bonds is 5. The number of aromatic nitrogens is 6. The number of nitrogens with one attached hydrogen (secondary N) is 3. The lowest BCUT2D eigenvalue weighted by Gasteiger charge is -2.36. The van der Waals surface area contributed by atoms with Crippen LogP contribution in [-0.2, 0) is 6.54 Å². The third kappa shape index (κ3) is 3.97. The molecular weight excluding hydrogens is 392 g/mol. The van der Waals surface area contributed by atoms with Gasteiger partial charge in [-0.2, -0.15) is 0 Å². The van der Waals surface area contributed by atoms with Crippen LogP contribution in [0.4, 0.5) is 5.82 Å². The molecule has 1 unspecified atom stereocenters. The Hall–Kier alpha value is -3.43. The number of hydrogen-bond donors (Lipinski definition) is 3. The number of aryl methyl sites for hydroxylation is 2. The predicted octanol–water partition coefficient (Wildman–Crippen LogP) is 3.10. The molecule has 1 aliphatic rings. The summed E-state index contributed by atoms with van der Waals surface area (Å²) < 4.78 is 2.04. The number of nitrogens with zero attached hydrogens (tertiary/aromatic N) is 7. The molecule has 3 aromatic rings. The number of amidine groups is 2. The number of hydrogen-bond acceptors (Lipinski definition) is 8. The standard InChI is InChI=1S/C21H28N10/c1-5-30-20(14-8-24-13(4)25-9-14)29-17-19(26-11-27-21(17)30)28-15-6-7-16(22)31(10-15)18(23)12(2)3/h8-9,11-12,15,22-23H,5-7,10H2,1-4H3,(H,26,27,28). The SMILES string of the molecule is CCn1c(-c2cnc(C)nc2)nc2c(NC3CCC(=N)N(C(=N)C(C)C)C3)ncnc21. The molecular formula is C21H28N10. The topological polar surface area (TPSA) is 132 Å². The number of imidazole rings is 1. The summed E-state index contributed by atoms with van der Waals surface area (Å²) in [5.41, 5.74) is 2.29. The van der Waals surface area contributed by atoms with E-state index >= 15 is 0 Å². The first-order chi connectivity index (χ1) is 14.9. The Balaban J connectivity index is 1.66. The molecule has 1 saturated heterocycles. The zero-order valence-corrected chi connectivity index (χ0v) is 18.3. The van der Waals surface area contributed by atoms with Crippen LogP contribution < -0.4 is 5.32 Å². The van der Waals surface area contributed by atoms with Crippen molar-refractivity contribution in [2.45, 2.75) is 53.1 Å². The summed E-state index contributed by atoms with van der Waals surface area (Å²) in [5, 5.41) is 20.1. The average molecular weight is 421 g/mol. The van der Waals surface area contributed by atoms with Crippen LogP contribution >= 0.6 is 0 Å². The molecule has 1 fully saturated rings. The van der Waals surface area contributed by atoms with Gasteiger partial charge in [0, 0.05) is 43.9 Å². The zero-order valence-electron chi connectivity index (χ0n) is 18.3. The molecule has 3 aromatic heterocycles. The Morgan fingerprint density at radius 1 is 1.23 bits per heavy atom. The van der Waals surface area contributed by atoms with Gasteiger partial charge in [0.05, 0.1) is 5.56 Å². The predicted molar refractivity (Wildman–Crippen MR) is 120 cm³/mol. The molecule has 0 spiro atoms. The summed E-state index contributed by atoms with van der Waals surface area (Å²) in [5.74, 6) is 3.19. The van der Waals surface area contributed by atoms with Crippen LogP contribution in [0.15, 0.2) is 18.7 Å². The minimum Gasteiger partial charge on any atom is -0.364 e. The third-order valence-corrected chi connectivity index (χ3v) is 5.52. The summed E-state index contributed by atoms with van der Waals surface area (Å²) in [7, 11) is 0.